The van der Waals surface area contributed by atoms with Crippen LogP contribution in [-0.4, -0.2) is 21.4 Å². The van der Waals surface area contributed by atoms with Crippen LogP contribution >= 0.6 is 0 Å². The number of nitrogen functional groups attached to an aromatic ring is 1. The van der Waals surface area contributed by atoms with E-state index in [9.17, 15) is 0 Å². The number of pyridine rings is 2. The van der Waals surface area contributed by atoms with Crippen molar-refractivity contribution in [3.63, 3.8) is 0 Å². The smallest absolute Gasteiger partial charge is 0.0893 e. The van der Waals surface area contributed by atoms with Crippen molar-refractivity contribution >= 4 is 55.0 Å². The van der Waals surface area contributed by atoms with Crippen molar-refractivity contribution in [2.45, 2.75) is 0 Å². The average Bonchev–Trinajstić information content (AvgIpc) is 3.19. The van der Waals surface area contributed by atoms with Gasteiger partial charge in [0.2, 0.25) is 0 Å². The van der Waals surface area contributed by atoms with Crippen LogP contribution in [0.15, 0.2) is 176 Å². The van der Waals surface area contributed by atoms with Gasteiger partial charge in [-0.15, -0.1) is 0 Å². The number of aromatic nitrogens is 2. The largest absolute Gasteiger partial charge is 0.399 e. The van der Waals surface area contributed by atoms with Gasteiger partial charge in [0, 0.05) is 17.5 Å². The lowest BCUT2D eigenvalue weighted by atomic mass is 9.85. The third kappa shape index (κ3) is 6.20. The molecule has 0 saturated heterocycles. The molecule has 0 amide bonds. The zero-order valence-corrected chi connectivity index (χ0v) is 27.7. The van der Waals surface area contributed by atoms with E-state index in [1.165, 1.54) is 54.6 Å². The average molecular weight is 656 g/mol. The molecule has 5 nitrogen and oxygen atoms in total. The first-order valence-electron chi connectivity index (χ1n) is 16.8. The Labute approximate surface area is 296 Å². The van der Waals surface area contributed by atoms with Crippen molar-refractivity contribution in [2.75, 3.05) is 5.73 Å². The lowest BCUT2D eigenvalue weighted by Gasteiger charge is -2.18. The summed E-state index contributed by atoms with van der Waals surface area (Å²) in [4.78, 5) is 8.86. The van der Waals surface area contributed by atoms with Gasteiger partial charge in [-0.3, -0.25) is 15.8 Å². The van der Waals surface area contributed by atoms with Gasteiger partial charge in [0.15, 0.2) is 0 Å². The van der Waals surface area contributed by atoms with Gasteiger partial charge in [-0.05, 0) is 109 Å². The third-order valence-electron chi connectivity index (χ3n) is 9.16. The van der Waals surface area contributed by atoms with E-state index in [1.807, 2.05) is 54.6 Å². The van der Waals surface area contributed by atoms with Crippen LogP contribution in [0.5, 0.6) is 0 Å². The fourth-order valence-electron chi connectivity index (χ4n) is 6.70. The zero-order chi connectivity index (χ0) is 34.7. The van der Waals surface area contributed by atoms with Crippen LogP contribution in [0.1, 0.15) is 5.69 Å². The molecule has 0 fully saturated rings. The Kier molecular flexibility index (Phi) is 8.28. The highest BCUT2D eigenvalue weighted by Gasteiger charge is 2.16. The molecule has 1 aliphatic rings. The van der Waals surface area contributed by atoms with E-state index in [0.717, 1.165) is 28.3 Å². The van der Waals surface area contributed by atoms with Crippen molar-refractivity contribution in [3.05, 3.63) is 182 Å². The minimum absolute atomic E-state index is 0.201. The SMILES string of the molecule is N=C1C=CC(c2cccc(-c3ccccn3)n2)=CC1=N.Nc1ccc(-c2c3ccccc3c(-c3ccc4ccccc4c3)c3ccccc23)cc1. The summed E-state index contributed by atoms with van der Waals surface area (Å²) in [5.41, 5.74) is 15.4. The highest BCUT2D eigenvalue weighted by atomic mass is 14.8. The molecule has 0 saturated carbocycles. The van der Waals surface area contributed by atoms with Gasteiger partial charge in [-0.25, -0.2) is 4.98 Å². The number of fused-ring (bicyclic) bond motifs is 3. The van der Waals surface area contributed by atoms with Gasteiger partial charge in [-0.2, -0.15) is 0 Å². The molecule has 0 atom stereocenters. The van der Waals surface area contributed by atoms with Crippen LogP contribution in [0.3, 0.4) is 0 Å². The summed E-state index contributed by atoms with van der Waals surface area (Å²) >= 11 is 0. The zero-order valence-electron chi connectivity index (χ0n) is 27.7. The molecule has 4 N–H and O–H groups in total. The second kappa shape index (κ2) is 13.5. The van der Waals surface area contributed by atoms with Crippen LogP contribution < -0.4 is 5.73 Å². The highest BCUT2D eigenvalue weighted by Crippen LogP contribution is 2.44. The van der Waals surface area contributed by atoms with Gasteiger partial charge in [-0.1, -0.05) is 115 Å². The normalized spacial score (nSPS) is 12.5. The number of allylic oxidation sites excluding steroid dienone is 4. The van der Waals surface area contributed by atoms with E-state index in [0.29, 0.717) is 0 Å². The molecule has 6 aromatic carbocycles. The lowest BCUT2D eigenvalue weighted by molar-refractivity contribution is 1.22. The molecule has 8 aromatic rings. The highest BCUT2D eigenvalue weighted by molar-refractivity contribution is 6.50. The summed E-state index contributed by atoms with van der Waals surface area (Å²) in [7, 11) is 0. The maximum absolute atomic E-state index is 7.70. The molecule has 5 heteroatoms. The van der Waals surface area contributed by atoms with E-state index < -0.39 is 0 Å². The molecule has 0 aliphatic heterocycles. The van der Waals surface area contributed by atoms with Gasteiger partial charge in [0.05, 0.1) is 28.5 Å². The standard InChI is InChI=1S/C30H21N.C16H12N4/c31-24-17-15-21(16-18-24)29-25-9-3-5-11-27(25)30(28-12-6-4-10-26(28)29)23-14-13-20-7-1-2-8-22(20)19-23;17-12-8-7-11(10-13(12)18)14-5-3-6-16(20-14)15-4-1-2-9-19-15/h1-19H,31H2;1-10,17-18H. The molecule has 0 radical (unpaired) electrons. The second-order valence-corrected chi connectivity index (χ2v) is 12.4. The van der Waals surface area contributed by atoms with E-state index >= 15 is 0 Å². The number of anilines is 1. The monoisotopic (exact) mass is 655 g/mol. The van der Waals surface area contributed by atoms with Crippen LogP contribution in [0.25, 0.3) is 71.5 Å². The summed E-state index contributed by atoms with van der Waals surface area (Å²) in [6, 6.07) is 52.4. The molecule has 1 aliphatic carbocycles. The number of nitrogens with two attached hydrogens (primary N) is 1. The maximum Gasteiger partial charge on any atom is 0.0893 e. The third-order valence-corrected chi connectivity index (χ3v) is 9.16. The van der Waals surface area contributed by atoms with Gasteiger partial charge in [0.25, 0.3) is 0 Å². The number of nitrogens with zero attached hydrogens (tertiary/aromatic N) is 2. The van der Waals surface area contributed by atoms with Gasteiger partial charge >= 0.3 is 0 Å². The van der Waals surface area contributed by atoms with E-state index in [1.54, 1.807) is 18.3 Å². The van der Waals surface area contributed by atoms with Crippen molar-refractivity contribution in [1.82, 2.24) is 9.97 Å². The molecule has 51 heavy (non-hydrogen) atoms. The molecule has 2 heterocycles. The Morgan fingerprint density at radius 3 is 1.67 bits per heavy atom. The van der Waals surface area contributed by atoms with Crippen LogP contribution in [-0.2, 0) is 0 Å². The maximum atomic E-state index is 7.70. The number of benzene rings is 6. The Bertz CT molecular complexity index is 2610. The molecular weight excluding hydrogens is 623 g/mol. The molecule has 0 unspecified atom stereocenters. The molecule has 2 aromatic heterocycles. The van der Waals surface area contributed by atoms with Crippen LogP contribution in [0.2, 0.25) is 0 Å². The molecule has 0 spiro atoms. The molecule has 9 rings (SSSR count). The van der Waals surface area contributed by atoms with Crippen molar-refractivity contribution in [2.24, 2.45) is 0 Å². The summed E-state index contributed by atoms with van der Waals surface area (Å²) in [6.07, 6.45) is 6.82. The Hall–Kier alpha value is -6.98. The number of hydrogen-bond donors (Lipinski definition) is 3. The Morgan fingerprint density at radius 1 is 0.451 bits per heavy atom. The predicted molar refractivity (Wildman–Crippen MR) is 214 cm³/mol. The first-order chi connectivity index (χ1) is 25.0. The summed E-state index contributed by atoms with van der Waals surface area (Å²) in [5, 5.41) is 22.8. The van der Waals surface area contributed by atoms with E-state index in [2.05, 4.69) is 113 Å². The fraction of sp³-hybridized carbons (Fsp3) is 0. The number of nitrogens with one attached hydrogen (secondary N) is 2. The first-order valence-corrected chi connectivity index (χ1v) is 16.8. The van der Waals surface area contributed by atoms with Crippen LogP contribution in [0.4, 0.5) is 5.69 Å². The predicted octanol–water partition coefficient (Wildman–Crippen LogP) is 11.2. The minimum Gasteiger partial charge on any atom is -0.399 e. The van der Waals surface area contributed by atoms with Crippen molar-refractivity contribution in [1.29, 1.82) is 10.8 Å². The Balaban J connectivity index is 0.000000162. The molecule has 242 valence electrons. The molecule has 0 bridgehead atoms. The van der Waals surface area contributed by atoms with Crippen molar-refractivity contribution < 1.29 is 0 Å². The van der Waals surface area contributed by atoms with Gasteiger partial charge in [0.1, 0.15) is 0 Å². The van der Waals surface area contributed by atoms with Crippen LogP contribution in [0, 0.1) is 10.8 Å². The summed E-state index contributed by atoms with van der Waals surface area (Å²) in [6.45, 7) is 0. The van der Waals surface area contributed by atoms with E-state index in [-0.39, 0.29) is 11.4 Å². The quantitative estimate of drug-likeness (QED) is 0.0999. The number of rotatable bonds is 4. The van der Waals surface area contributed by atoms with Gasteiger partial charge < -0.3 is 5.73 Å². The summed E-state index contributed by atoms with van der Waals surface area (Å²) < 4.78 is 0. The van der Waals surface area contributed by atoms with E-state index in [4.69, 9.17) is 16.6 Å². The molecular formula is C46H33N5. The summed E-state index contributed by atoms with van der Waals surface area (Å²) in [5.74, 6) is 0. The fourth-order valence-corrected chi connectivity index (χ4v) is 6.70. The minimum atomic E-state index is 0.201. The Morgan fingerprint density at radius 2 is 1.02 bits per heavy atom. The van der Waals surface area contributed by atoms with Crippen molar-refractivity contribution in [3.8, 4) is 33.6 Å². The first kappa shape index (κ1) is 31.3. The topological polar surface area (TPSA) is 99.5 Å². The number of hydrogen-bond acceptors (Lipinski definition) is 5. The lowest BCUT2D eigenvalue weighted by Crippen LogP contribution is -2.10. The second-order valence-electron chi connectivity index (χ2n) is 12.4.